The van der Waals surface area contributed by atoms with Crippen molar-refractivity contribution in [1.29, 1.82) is 0 Å². The highest BCUT2D eigenvalue weighted by molar-refractivity contribution is 14.1. The van der Waals surface area contributed by atoms with Crippen molar-refractivity contribution in [3.05, 3.63) is 0 Å². The minimum atomic E-state index is -0.259. The van der Waals surface area contributed by atoms with Gasteiger partial charge in [-0.2, -0.15) is 0 Å². The molecule has 3 heteroatoms. The molecule has 0 aliphatic carbocycles. The second-order valence-electron chi connectivity index (χ2n) is 2.54. The zero-order valence-corrected chi connectivity index (χ0v) is 7.88. The van der Waals surface area contributed by atoms with Crippen LogP contribution in [0, 0.1) is 5.92 Å². The van der Waals surface area contributed by atoms with Gasteiger partial charge in [0, 0.05) is 22.6 Å². The first-order valence-electron chi connectivity index (χ1n) is 2.99. The van der Waals surface area contributed by atoms with Gasteiger partial charge < -0.3 is 5.73 Å². The van der Waals surface area contributed by atoms with Gasteiger partial charge in [0.2, 0.25) is 3.79 Å². The van der Waals surface area contributed by atoms with Gasteiger partial charge in [-0.3, -0.25) is 4.79 Å². The predicted octanol–water partition coefficient (Wildman–Crippen LogP) is 1.32. The van der Waals surface area contributed by atoms with Crippen LogP contribution in [0.3, 0.4) is 0 Å². The van der Waals surface area contributed by atoms with Crippen LogP contribution in [0.5, 0.6) is 0 Å². The fraction of sp³-hybridized carbons (Fsp3) is 0.833. The third kappa shape index (κ3) is 4.84. The van der Waals surface area contributed by atoms with E-state index < -0.39 is 0 Å². The zero-order valence-electron chi connectivity index (χ0n) is 5.73. The molecule has 0 saturated carbocycles. The van der Waals surface area contributed by atoms with E-state index in [9.17, 15) is 4.79 Å². The van der Waals surface area contributed by atoms with Gasteiger partial charge in [-0.1, -0.05) is 13.8 Å². The van der Waals surface area contributed by atoms with Gasteiger partial charge in [-0.05, 0) is 12.3 Å². The van der Waals surface area contributed by atoms with E-state index >= 15 is 0 Å². The average Bonchev–Trinajstić information content (AvgIpc) is 1.63. The maximum Gasteiger partial charge on any atom is 0.208 e. The summed E-state index contributed by atoms with van der Waals surface area (Å²) in [7, 11) is 0. The van der Waals surface area contributed by atoms with E-state index in [1.54, 1.807) is 22.6 Å². The first-order chi connectivity index (χ1) is 4.04. The van der Waals surface area contributed by atoms with Gasteiger partial charge in [0.15, 0.2) is 0 Å². The Morgan fingerprint density at radius 1 is 1.67 bits per heavy atom. The Hall–Kier alpha value is 0.360. The fourth-order valence-electron chi connectivity index (χ4n) is 0.601. The monoisotopic (exact) mass is 241 g/mol. The molecule has 0 amide bonds. The molecule has 0 rings (SSSR count). The van der Waals surface area contributed by atoms with E-state index in [0.717, 1.165) is 6.42 Å². The molecule has 2 nitrogen and oxygen atoms in total. The molecule has 0 aromatic carbocycles. The number of hydrogen-bond acceptors (Lipinski definition) is 2. The summed E-state index contributed by atoms with van der Waals surface area (Å²) in [6, 6.07) is -0.259. The van der Waals surface area contributed by atoms with Gasteiger partial charge in [0.05, 0.1) is 6.04 Å². The highest BCUT2D eigenvalue weighted by Crippen LogP contribution is 2.05. The molecule has 0 bridgehead atoms. The summed E-state index contributed by atoms with van der Waals surface area (Å²) in [5.41, 5.74) is 5.46. The highest BCUT2D eigenvalue weighted by atomic mass is 127. The number of rotatable bonds is 3. The predicted molar refractivity (Wildman–Crippen MR) is 46.5 cm³/mol. The van der Waals surface area contributed by atoms with Crippen LogP contribution in [-0.2, 0) is 4.79 Å². The lowest BCUT2D eigenvalue weighted by Gasteiger charge is -2.07. The third-order valence-corrected chi connectivity index (χ3v) is 1.82. The molecule has 0 aromatic rings. The normalized spacial score (nSPS) is 13.9. The lowest BCUT2D eigenvalue weighted by Crippen LogP contribution is -2.27. The molecular weight excluding hydrogens is 229 g/mol. The Morgan fingerprint density at radius 3 is 2.22 bits per heavy atom. The molecule has 9 heavy (non-hydrogen) atoms. The summed E-state index contributed by atoms with van der Waals surface area (Å²) < 4.78 is 0.0568. The van der Waals surface area contributed by atoms with Crippen molar-refractivity contribution in [2.45, 2.75) is 26.3 Å². The number of halogens is 1. The molecule has 0 heterocycles. The van der Waals surface area contributed by atoms with Crippen LogP contribution >= 0.6 is 22.6 Å². The van der Waals surface area contributed by atoms with Crippen LogP contribution in [-0.4, -0.2) is 9.83 Å². The van der Waals surface area contributed by atoms with Crippen molar-refractivity contribution < 1.29 is 4.79 Å². The Morgan fingerprint density at radius 2 is 2.11 bits per heavy atom. The van der Waals surface area contributed by atoms with Crippen molar-refractivity contribution in [2.24, 2.45) is 11.7 Å². The quantitative estimate of drug-likeness (QED) is 0.598. The van der Waals surface area contributed by atoms with E-state index in [-0.39, 0.29) is 9.83 Å². The van der Waals surface area contributed by atoms with Crippen molar-refractivity contribution in [2.75, 3.05) is 0 Å². The second-order valence-corrected chi connectivity index (χ2v) is 3.60. The lowest BCUT2D eigenvalue weighted by molar-refractivity contribution is -0.110. The molecular formula is C6H12INO. The first kappa shape index (κ1) is 9.36. The summed E-state index contributed by atoms with van der Waals surface area (Å²) in [6.07, 6.45) is 0.793. The van der Waals surface area contributed by atoms with Crippen molar-refractivity contribution in [3.63, 3.8) is 0 Å². The molecule has 54 valence electrons. The summed E-state index contributed by atoms with van der Waals surface area (Å²) in [6.45, 7) is 4.11. The van der Waals surface area contributed by atoms with E-state index in [4.69, 9.17) is 5.73 Å². The van der Waals surface area contributed by atoms with Gasteiger partial charge >= 0.3 is 0 Å². The van der Waals surface area contributed by atoms with Crippen LogP contribution in [0.2, 0.25) is 0 Å². The van der Waals surface area contributed by atoms with Gasteiger partial charge in [-0.25, -0.2) is 0 Å². The maximum absolute atomic E-state index is 10.5. The smallest absolute Gasteiger partial charge is 0.208 e. The molecule has 0 aliphatic heterocycles. The van der Waals surface area contributed by atoms with E-state index in [1.807, 2.05) is 0 Å². The Kier molecular flexibility index (Phi) is 4.39. The summed E-state index contributed by atoms with van der Waals surface area (Å²) in [5.74, 6) is 0.513. The van der Waals surface area contributed by atoms with Gasteiger partial charge in [0.1, 0.15) is 0 Å². The van der Waals surface area contributed by atoms with Crippen molar-refractivity contribution >= 4 is 26.4 Å². The van der Waals surface area contributed by atoms with Gasteiger partial charge in [0.25, 0.3) is 0 Å². The summed E-state index contributed by atoms with van der Waals surface area (Å²) in [5, 5.41) is 0. The largest absolute Gasteiger partial charge is 0.321 e. The van der Waals surface area contributed by atoms with Crippen LogP contribution in [0.4, 0.5) is 0 Å². The van der Waals surface area contributed by atoms with Crippen LogP contribution in [0.1, 0.15) is 20.3 Å². The molecule has 0 spiro atoms. The minimum absolute atomic E-state index is 0.0568. The SMILES string of the molecule is CC(C)CC(N)C(=O)I. The number of carbonyl (C=O) groups excluding carboxylic acids is 1. The lowest BCUT2D eigenvalue weighted by atomic mass is 10.1. The Bertz CT molecular complexity index is 103. The number of hydrogen-bond donors (Lipinski definition) is 1. The van der Waals surface area contributed by atoms with Crippen LogP contribution in [0.15, 0.2) is 0 Å². The molecule has 0 fully saturated rings. The molecule has 0 radical (unpaired) electrons. The van der Waals surface area contributed by atoms with Crippen LogP contribution in [0.25, 0.3) is 0 Å². The fourth-order valence-corrected chi connectivity index (χ4v) is 0.855. The van der Waals surface area contributed by atoms with E-state index in [0.29, 0.717) is 5.92 Å². The Balaban J connectivity index is 3.50. The topological polar surface area (TPSA) is 43.1 Å². The van der Waals surface area contributed by atoms with Gasteiger partial charge in [-0.15, -0.1) is 0 Å². The van der Waals surface area contributed by atoms with Crippen molar-refractivity contribution in [3.8, 4) is 0 Å². The second kappa shape index (κ2) is 4.22. The molecule has 1 unspecified atom stereocenters. The summed E-state index contributed by atoms with van der Waals surface area (Å²) >= 11 is 1.74. The molecule has 1 atom stereocenters. The van der Waals surface area contributed by atoms with Crippen LogP contribution < -0.4 is 5.73 Å². The molecule has 0 saturated heterocycles. The molecule has 0 aliphatic rings. The molecule has 0 aromatic heterocycles. The highest BCUT2D eigenvalue weighted by Gasteiger charge is 2.10. The van der Waals surface area contributed by atoms with Crippen molar-refractivity contribution in [1.82, 2.24) is 0 Å². The maximum atomic E-state index is 10.5. The Labute approximate surface area is 69.3 Å². The standard InChI is InChI=1S/C6H12INO/c1-4(2)3-5(8)6(7)9/h4-5H,3,8H2,1-2H3. The average molecular weight is 241 g/mol. The minimum Gasteiger partial charge on any atom is -0.321 e. The first-order valence-corrected chi connectivity index (χ1v) is 4.07. The number of carbonyl (C=O) groups is 1. The van der Waals surface area contributed by atoms with E-state index in [1.165, 1.54) is 0 Å². The van der Waals surface area contributed by atoms with E-state index in [2.05, 4.69) is 13.8 Å². The zero-order chi connectivity index (χ0) is 7.44. The number of nitrogens with two attached hydrogens (primary N) is 1. The summed E-state index contributed by atoms with van der Waals surface area (Å²) in [4.78, 5) is 10.5. The third-order valence-electron chi connectivity index (χ3n) is 1.02. The molecule has 2 N–H and O–H groups in total.